The van der Waals surface area contributed by atoms with E-state index in [0.29, 0.717) is 11.6 Å². The molecular weight excluding hydrogens is 278 g/mol. The molecule has 3 rings (SSSR count). The molecule has 1 unspecified atom stereocenters. The van der Waals surface area contributed by atoms with E-state index in [4.69, 9.17) is 0 Å². The molecule has 22 heavy (non-hydrogen) atoms. The molecule has 2 aromatic rings. The molecule has 1 amide bonds. The van der Waals surface area contributed by atoms with Gasteiger partial charge in [-0.05, 0) is 32.8 Å². The number of hydrogen-bond acceptors (Lipinski definition) is 3. The van der Waals surface area contributed by atoms with Crippen molar-refractivity contribution in [2.75, 3.05) is 13.1 Å². The minimum absolute atomic E-state index is 0.0338. The molecule has 2 aromatic heterocycles. The molecule has 0 radical (unpaired) electrons. The zero-order valence-electron chi connectivity index (χ0n) is 13.3. The molecule has 1 fully saturated rings. The lowest BCUT2D eigenvalue weighted by molar-refractivity contribution is 0.0696. The van der Waals surface area contributed by atoms with Crippen molar-refractivity contribution in [1.29, 1.82) is 0 Å². The maximum atomic E-state index is 12.6. The van der Waals surface area contributed by atoms with E-state index in [0.717, 1.165) is 44.8 Å². The van der Waals surface area contributed by atoms with Gasteiger partial charge >= 0.3 is 0 Å². The Hall–Kier alpha value is -2.11. The highest BCUT2D eigenvalue weighted by atomic mass is 16.2. The second-order valence-electron chi connectivity index (χ2n) is 5.72. The Labute approximate surface area is 130 Å². The zero-order valence-corrected chi connectivity index (χ0v) is 13.3. The van der Waals surface area contributed by atoms with Gasteiger partial charge in [-0.25, -0.2) is 4.98 Å². The highest BCUT2D eigenvalue weighted by molar-refractivity contribution is 5.92. The summed E-state index contributed by atoms with van der Waals surface area (Å²) < 4.78 is 3.96. The fraction of sp³-hybridized carbons (Fsp3) is 0.562. The van der Waals surface area contributed by atoms with Crippen molar-refractivity contribution in [3.05, 3.63) is 36.2 Å². The number of imidazole rings is 1. The highest BCUT2D eigenvalue weighted by Crippen LogP contribution is 2.26. The summed E-state index contributed by atoms with van der Waals surface area (Å²) in [6, 6.07) is 1.81. The summed E-state index contributed by atoms with van der Waals surface area (Å²) in [7, 11) is 0. The number of rotatable bonds is 4. The van der Waals surface area contributed by atoms with Crippen LogP contribution in [0.1, 0.15) is 48.9 Å². The normalized spacial score (nSPS) is 18.6. The fourth-order valence-electron chi connectivity index (χ4n) is 3.13. The highest BCUT2D eigenvalue weighted by Gasteiger charge is 2.28. The molecule has 0 saturated carbocycles. The van der Waals surface area contributed by atoms with Crippen LogP contribution in [0.2, 0.25) is 0 Å². The van der Waals surface area contributed by atoms with Gasteiger partial charge in [-0.1, -0.05) is 0 Å². The SMILES string of the molecule is CCn1ccc(C(=O)N2CCCC(c3nccn3CC)C2)n1. The Kier molecular flexibility index (Phi) is 4.27. The van der Waals surface area contributed by atoms with Gasteiger partial charge in [0.15, 0.2) is 0 Å². The van der Waals surface area contributed by atoms with Crippen LogP contribution in [0.25, 0.3) is 0 Å². The summed E-state index contributed by atoms with van der Waals surface area (Å²) in [5.74, 6) is 1.45. The summed E-state index contributed by atoms with van der Waals surface area (Å²) in [5, 5.41) is 4.33. The molecular formula is C16H23N5O. The fourth-order valence-corrected chi connectivity index (χ4v) is 3.13. The number of nitrogens with zero attached hydrogens (tertiary/aromatic N) is 5. The second kappa shape index (κ2) is 6.34. The van der Waals surface area contributed by atoms with Crippen molar-refractivity contribution >= 4 is 5.91 Å². The quantitative estimate of drug-likeness (QED) is 0.869. The summed E-state index contributed by atoms with van der Waals surface area (Å²) >= 11 is 0. The first-order valence-corrected chi connectivity index (χ1v) is 8.06. The molecule has 0 bridgehead atoms. The third-order valence-electron chi connectivity index (χ3n) is 4.35. The third kappa shape index (κ3) is 2.77. The molecule has 6 nitrogen and oxygen atoms in total. The van der Waals surface area contributed by atoms with Gasteiger partial charge in [-0.15, -0.1) is 0 Å². The number of carbonyl (C=O) groups excluding carboxylic acids is 1. The zero-order chi connectivity index (χ0) is 15.5. The lowest BCUT2D eigenvalue weighted by Crippen LogP contribution is -2.40. The van der Waals surface area contributed by atoms with Gasteiger partial charge in [-0.3, -0.25) is 9.48 Å². The number of carbonyl (C=O) groups is 1. The minimum Gasteiger partial charge on any atom is -0.337 e. The average Bonchev–Trinajstić information content (AvgIpc) is 3.23. The third-order valence-corrected chi connectivity index (χ3v) is 4.35. The maximum Gasteiger partial charge on any atom is 0.274 e. The van der Waals surface area contributed by atoms with Gasteiger partial charge in [0, 0.05) is 50.7 Å². The monoisotopic (exact) mass is 301 g/mol. The molecule has 1 atom stereocenters. The molecule has 1 saturated heterocycles. The Morgan fingerprint density at radius 1 is 1.32 bits per heavy atom. The van der Waals surface area contributed by atoms with Gasteiger partial charge in [0.25, 0.3) is 5.91 Å². The van der Waals surface area contributed by atoms with E-state index >= 15 is 0 Å². The molecule has 6 heteroatoms. The predicted molar refractivity (Wildman–Crippen MR) is 83.7 cm³/mol. The predicted octanol–water partition coefficient (Wildman–Crippen LogP) is 2.14. The van der Waals surface area contributed by atoms with Crippen molar-refractivity contribution in [1.82, 2.24) is 24.2 Å². The lowest BCUT2D eigenvalue weighted by Gasteiger charge is -2.32. The Bertz CT molecular complexity index is 645. The second-order valence-corrected chi connectivity index (χ2v) is 5.72. The van der Waals surface area contributed by atoms with Crippen LogP contribution < -0.4 is 0 Å². The number of aryl methyl sites for hydroxylation is 2. The summed E-state index contributed by atoms with van der Waals surface area (Å²) in [6.45, 7) is 7.37. The van der Waals surface area contributed by atoms with Crippen LogP contribution in [0.3, 0.4) is 0 Å². The Balaban J connectivity index is 1.74. The van der Waals surface area contributed by atoms with Crippen LogP contribution in [-0.4, -0.2) is 43.2 Å². The molecule has 118 valence electrons. The molecule has 0 spiro atoms. The van der Waals surface area contributed by atoms with E-state index < -0.39 is 0 Å². The Morgan fingerprint density at radius 2 is 2.18 bits per heavy atom. The van der Waals surface area contributed by atoms with Crippen molar-refractivity contribution in [2.24, 2.45) is 0 Å². The largest absolute Gasteiger partial charge is 0.337 e. The first-order valence-electron chi connectivity index (χ1n) is 8.06. The summed E-state index contributed by atoms with van der Waals surface area (Å²) in [4.78, 5) is 19.0. The first-order chi connectivity index (χ1) is 10.7. The van der Waals surface area contributed by atoms with E-state index in [1.54, 1.807) is 4.68 Å². The summed E-state index contributed by atoms with van der Waals surface area (Å²) in [6.07, 6.45) is 7.83. The van der Waals surface area contributed by atoms with Gasteiger partial charge < -0.3 is 9.47 Å². The van der Waals surface area contributed by atoms with E-state index in [1.165, 1.54) is 0 Å². The van der Waals surface area contributed by atoms with Crippen LogP contribution in [0.5, 0.6) is 0 Å². The smallest absolute Gasteiger partial charge is 0.274 e. The van der Waals surface area contributed by atoms with Crippen molar-refractivity contribution < 1.29 is 4.79 Å². The molecule has 0 N–H and O–H groups in total. The summed E-state index contributed by atoms with van der Waals surface area (Å²) in [5.41, 5.74) is 0.543. The Morgan fingerprint density at radius 3 is 2.91 bits per heavy atom. The van der Waals surface area contributed by atoms with Crippen LogP contribution in [-0.2, 0) is 13.1 Å². The van der Waals surface area contributed by atoms with E-state index in [-0.39, 0.29) is 5.91 Å². The molecule has 0 aliphatic carbocycles. The van der Waals surface area contributed by atoms with Gasteiger partial charge in [0.05, 0.1) is 0 Å². The van der Waals surface area contributed by atoms with Crippen LogP contribution in [0.15, 0.2) is 24.7 Å². The van der Waals surface area contributed by atoms with Crippen molar-refractivity contribution in [3.63, 3.8) is 0 Å². The first kappa shape index (κ1) is 14.8. The van der Waals surface area contributed by atoms with Crippen LogP contribution in [0, 0.1) is 0 Å². The van der Waals surface area contributed by atoms with E-state index in [9.17, 15) is 4.79 Å². The van der Waals surface area contributed by atoms with Gasteiger partial charge in [-0.2, -0.15) is 5.10 Å². The van der Waals surface area contributed by atoms with Gasteiger partial charge in [0.2, 0.25) is 0 Å². The number of piperidine rings is 1. The topological polar surface area (TPSA) is 56.0 Å². The number of aromatic nitrogens is 4. The standard InChI is InChI=1S/C16H23N5O/c1-3-19-11-8-17-15(19)13-6-5-9-20(12-13)16(22)14-7-10-21(4-2)18-14/h7-8,10-11,13H,3-6,9,12H2,1-2H3. The van der Waals surface area contributed by atoms with Crippen LogP contribution in [0.4, 0.5) is 0 Å². The van der Waals surface area contributed by atoms with E-state index in [1.807, 2.05) is 36.5 Å². The molecule has 1 aliphatic heterocycles. The average molecular weight is 301 g/mol. The number of amides is 1. The minimum atomic E-state index is 0.0338. The molecule has 3 heterocycles. The number of likely N-dealkylation sites (tertiary alicyclic amines) is 1. The van der Waals surface area contributed by atoms with Crippen molar-refractivity contribution in [3.8, 4) is 0 Å². The van der Waals surface area contributed by atoms with Gasteiger partial charge in [0.1, 0.15) is 11.5 Å². The van der Waals surface area contributed by atoms with E-state index in [2.05, 4.69) is 21.6 Å². The van der Waals surface area contributed by atoms with Crippen molar-refractivity contribution in [2.45, 2.75) is 45.7 Å². The lowest BCUT2D eigenvalue weighted by atomic mass is 9.97. The number of hydrogen-bond donors (Lipinski definition) is 0. The molecule has 1 aliphatic rings. The maximum absolute atomic E-state index is 12.6. The molecule has 0 aromatic carbocycles. The van der Waals surface area contributed by atoms with Crippen LogP contribution >= 0.6 is 0 Å².